The number of nitrogens with zero attached hydrogens (tertiary/aromatic N) is 2. The molecule has 0 aromatic carbocycles. The van der Waals surface area contributed by atoms with Gasteiger partial charge < -0.3 is 34.6 Å². The van der Waals surface area contributed by atoms with Gasteiger partial charge >= 0.3 is 16.8 Å². The van der Waals surface area contributed by atoms with Gasteiger partial charge in [0.05, 0.1) is 0 Å². The molecule has 0 unspecified atom stereocenters. The molecule has 0 aromatic rings. The Bertz CT molecular complexity index is 76.7. The van der Waals surface area contributed by atoms with Gasteiger partial charge in [-0.15, -0.1) is 0 Å². The minimum Gasteiger partial charge on any atom is -1.00 e. The third kappa shape index (κ3) is 25.1. The molecular formula is C6H14Cl2CoN2. The molecule has 0 heterocycles. The van der Waals surface area contributed by atoms with Gasteiger partial charge in [-0.2, -0.15) is 0 Å². The van der Waals surface area contributed by atoms with Crippen molar-refractivity contribution in [1.82, 2.24) is 9.80 Å². The Balaban J connectivity index is -0.0000000817. The van der Waals surface area contributed by atoms with Crippen LogP contribution in [0.1, 0.15) is 0 Å². The Labute approximate surface area is 92.0 Å². The molecule has 0 aliphatic carbocycles. The molecular weight excluding hydrogens is 230 g/mol. The van der Waals surface area contributed by atoms with Gasteiger partial charge in [-0.05, 0) is 0 Å². The molecule has 0 bridgehead atoms. The summed E-state index contributed by atoms with van der Waals surface area (Å²) in [6.45, 7) is 0. The number of rotatable bonds is 2. The van der Waals surface area contributed by atoms with Crippen molar-refractivity contribution in [3.05, 3.63) is 12.4 Å². The second-order valence-corrected chi connectivity index (χ2v) is 2.23. The summed E-state index contributed by atoms with van der Waals surface area (Å²) in [5.74, 6) is 0. The quantitative estimate of drug-likeness (QED) is 0.478. The van der Waals surface area contributed by atoms with E-state index >= 15 is 0 Å². The molecule has 2 nitrogen and oxygen atoms in total. The van der Waals surface area contributed by atoms with Crippen LogP contribution >= 0.6 is 0 Å². The van der Waals surface area contributed by atoms with Crippen molar-refractivity contribution in [2.75, 3.05) is 28.2 Å². The van der Waals surface area contributed by atoms with Gasteiger partial charge in [0.15, 0.2) is 0 Å². The first-order valence-corrected chi connectivity index (χ1v) is 2.64. The van der Waals surface area contributed by atoms with Gasteiger partial charge in [-0.1, -0.05) is 0 Å². The van der Waals surface area contributed by atoms with Gasteiger partial charge in [0.1, 0.15) is 0 Å². The van der Waals surface area contributed by atoms with E-state index in [9.17, 15) is 0 Å². The molecule has 11 heavy (non-hydrogen) atoms. The van der Waals surface area contributed by atoms with Crippen LogP contribution in [0.5, 0.6) is 0 Å². The predicted molar refractivity (Wildman–Crippen MR) is 36.5 cm³/mol. The third-order valence-electron chi connectivity index (χ3n) is 0.663. The summed E-state index contributed by atoms with van der Waals surface area (Å²) in [7, 11) is 8.00. The average molecular weight is 244 g/mol. The molecule has 0 saturated heterocycles. The average Bonchev–Trinajstić information content (AvgIpc) is 1.61. The first-order valence-electron chi connectivity index (χ1n) is 2.64. The molecule has 0 amide bonds. The van der Waals surface area contributed by atoms with Crippen LogP contribution in [0.25, 0.3) is 0 Å². The fourth-order valence-electron chi connectivity index (χ4n) is 0.267. The summed E-state index contributed by atoms with van der Waals surface area (Å²) in [5, 5.41) is 0. The van der Waals surface area contributed by atoms with Crippen LogP contribution in [0.2, 0.25) is 0 Å². The molecule has 0 spiro atoms. The third-order valence-corrected chi connectivity index (χ3v) is 0.663. The van der Waals surface area contributed by atoms with Crippen molar-refractivity contribution in [2.45, 2.75) is 0 Å². The minimum atomic E-state index is 0. The van der Waals surface area contributed by atoms with Crippen LogP contribution < -0.4 is 24.8 Å². The maximum absolute atomic E-state index is 2.00. The summed E-state index contributed by atoms with van der Waals surface area (Å²) >= 11 is 0. The molecule has 0 N–H and O–H groups in total. The van der Waals surface area contributed by atoms with E-state index in [1.165, 1.54) is 0 Å². The maximum Gasteiger partial charge on any atom is 2.00 e. The van der Waals surface area contributed by atoms with Gasteiger partial charge in [0, 0.05) is 40.6 Å². The van der Waals surface area contributed by atoms with E-state index in [1.807, 2.05) is 50.4 Å². The van der Waals surface area contributed by atoms with E-state index in [2.05, 4.69) is 0 Å². The zero-order valence-corrected chi connectivity index (χ0v) is 9.69. The zero-order chi connectivity index (χ0) is 6.57. The zero-order valence-electron chi connectivity index (χ0n) is 7.14. The van der Waals surface area contributed by atoms with E-state index in [0.29, 0.717) is 0 Å². The van der Waals surface area contributed by atoms with Crippen LogP contribution in [0.15, 0.2) is 12.4 Å². The Morgan fingerprint density at radius 2 is 0.909 bits per heavy atom. The molecule has 0 fully saturated rings. The second-order valence-electron chi connectivity index (χ2n) is 2.23. The van der Waals surface area contributed by atoms with Crippen molar-refractivity contribution >= 4 is 0 Å². The molecule has 0 aliphatic heterocycles. The van der Waals surface area contributed by atoms with E-state index in [1.54, 1.807) is 0 Å². The second kappa shape index (κ2) is 13.0. The molecule has 71 valence electrons. The van der Waals surface area contributed by atoms with Crippen LogP contribution in [-0.2, 0) is 16.8 Å². The predicted octanol–water partition coefficient (Wildman–Crippen LogP) is -5.41. The fraction of sp³-hybridized carbons (Fsp3) is 0.667. The normalized spacial score (nSPS) is 7.27. The van der Waals surface area contributed by atoms with Crippen LogP contribution in [0.3, 0.4) is 0 Å². The first-order chi connectivity index (χ1) is 3.63. The summed E-state index contributed by atoms with van der Waals surface area (Å²) in [4.78, 5) is 4.00. The van der Waals surface area contributed by atoms with E-state index in [-0.39, 0.29) is 41.6 Å². The Morgan fingerprint density at radius 3 is 1.00 bits per heavy atom. The topological polar surface area (TPSA) is 6.48 Å². The molecule has 1 radical (unpaired) electrons. The Hall–Kier alpha value is 0.426. The van der Waals surface area contributed by atoms with Crippen molar-refractivity contribution in [3.8, 4) is 0 Å². The van der Waals surface area contributed by atoms with E-state index < -0.39 is 0 Å². The van der Waals surface area contributed by atoms with Gasteiger partial charge in [0.25, 0.3) is 0 Å². The number of hydrogen-bond acceptors (Lipinski definition) is 2. The van der Waals surface area contributed by atoms with Crippen LogP contribution in [0, 0.1) is 0 Å². The summed E-state index contributed by atoms with van der Waals surface area (Å²) < 4.78 is 0. The Morgan fingerprint density at radius 1 is 0.727 bits per heavy atom. The molecule has 0 atom stereocenters. The fourth-order valence-corrected chi connectivity index (χ4v) is 0.267. The van der Waals surface area contributed by atoms with Crippen molar-refractivity contribution in [3.63, 3.8) is 0 Å². The molecule has 0 saturated carbocycles. The van der Waals surface area contributed by atoms with Crippen molar-refractivity contribution in [1.29, 1.82) is 0 Å². The molecule has 0 aromatic heterocycles. The molecule has 0 aliphatic rings. The summed E-state index contributed by atoms with van der Waals surface area (Å²) in [5.41, 5.74) is 0. The maximum atomic E-state index is 2.00. The summed E-state index contributed by atoms with van der Waals surface area (Å²) in [6, 6.07) is 0. The van der Waals surface area contributed by atoms with E-state index in [4.69, 9.17) is 0 Å². The van der Waals surface area contributed by atoms with Gasteiger partial charge in [0.2, 0.25) is 0 Å². The van der Waals surface area contributed by atoms with E-state index in [0.717, 1.165) is 0 Å². The standard InChI is InChI=1S/C6H14N2.2ClH.Co/c1-7(2)5-6-8(3)4;;;/h5-6H,1-4H3;2*1H;/q;;;+2/p-2/b6-5+;;;. The van der Waals surface area contributed by atoms with Crippen molar-refractivity contribution < 1.29 is 41.6 Å². The number of hydrogen-bond donors (Lipinski definition) is 0. The monoisotopic (exact) mass is 243 g/mol. The molecule has 5 heteroatoms. The molecule has 0 rings (SSSR count). The van der Waals surface area contributed by atoms with Gasteiger partial charge in [-0.3, -0.25) is 0 Å². The first kappa shape index (κ1) is 22.5. The van der Waals surface area contributed by atoms with Gasteiger partial charge in [-0.25, -0.2) is 0 Å². The number of halogens is 2. The van der Waals surface area contributed by atoms with Crippen molar-refractivity contribution in [2.24, 2.45) is 0 Å². The summed E-state index contributed by atoms with van der Waals surface area (Å²) in [6.07, 6.45) is 4.00. The smallest absolute Gasteiger partial charge is 1.00 e. The Kier molecular flexibility index (Phi) is 26.7. The SMILES string of the molecule is CN(C)/C=C/N(C)C.[Cl-].[Cl-].[Co+2]. The largest absolute Gasteiger partial charge is 2.00 e. The van der Waals surface area contributed by atoms with Crippen LogP contribution in [0.4, 0.5) is 0 Å². The minimum absolute atomic E-state index is 0. The van der Waals surface area contributed by atoms with Crippen LogP contribution in [-0.4, -0.2) is 38.0 Å².